The number of amides is 2. The third-order valence-electron chi connectivity index (χ3n) is 5.41. The largest absolute Gasteiger partial charge is 0.352 e. The molecule has 136 valence electrons. The highest BCUT2D eigenvalue weighted by Gasteiger charge is 2.28. The molecule has 2 heterocycles. The van der Waals surface area contributed by atoms with Gasteiger partial charge in [0, 0.05) is 45.1 Å². The number of piperidine rings is 2. The fourth-order valence-corrected chi connectivity index (χ4v) is 3.93. The molecule has 0 aromatic heterocycles. The van der Waals surface area contributed by atoms with Crippen LogP contribution >= 0.6 is 0 Å². The van der Waals surface area contributed by atoms with E-state index in [0.717, 1.165) is 45.3 Å². The van der Waals surface area contributed by atoms with Gasteiger partial charge >= 0.3 is 0 Å². The van der Waals surface area contributed by atoms with Gasteiger partial charge in [-0.2, -0.15) is 0 Å². The molecule has 5 nitrogen and oxygen atoms in total. The summed E-state index contributed by atoms with van der Waals surface area (Å²) in [6, 6.07) is 10.8. The van der Waals surface area contributed by atoms with Crippen molar-refractivity contribution in [2.45, 2.75) is 45.2 Å². The van der Waals surface area contributed by atoms with Crippen LogP contribution in [0.25, 0.3) is 0 Å². The average molecular weight is 343 g/mol. The van der Waals surface area contributed by atoms with E-state index in [9.17, 15) is 9.59 Å². The molecule has 3 rings (SSSR count). The minimum atomic E-state index is 0.0556. The third-order valence-corrected chi connectivity index (χ3v) is 5.41. The summed E-state index contributed by atoms with van der Waals surface area (Å²) < 4.78 is 0. The van der Waals surface area contributed by atoms with Gasteiger partial charge in [0.2, 0.25) is 11.8 Å². The van der Waals surface area contributed by atoms with E-state index >= 15 is 0 Å². The van der Waals surface area contributed by atoms with Crippen LogP contribution in [0.15, 0.2) is 30.3 Å². The zero-order chi connectivity index (χ0) is 17.6. The predicted octanol–water partition coefficient (Wildman–Crippen LogP) is 2.03. The highest BCUT2D eigenvalue weighted by atomic mass is 16.2. The minimum Gasteiger partial charge on any atom is -0.352 e. The molecule has 2 aliphatic heterocycles. The van der Waals surface area contributed by atoms with Crippen LogP contribution in [0.1, 0.15) is 38.2 Å². The molecule has 0 radical (unpaired) electrons. The van der Waals surface area contributed by atoms with Crippen molar-refractivity contribution in [1.29, 1.82) is 0 Å². The van der Waals surface area contributed by atoms with Gasteiger partial charge in [0.1, 0.15) is 0 Å². The first-order valence-electron chi connectivity index (χ1n) is 9.44. The van der Waals surface area contributed by atoms with Gasteiger partial charge in [-0.05, 0) is 37.8 Å². The maximum absolute atomic E-state index is 12.6. The minimum absolute atomic E-state index is 0.0556. The molecule has 2 saturated heterocycles. The number of benzene rings is 1. The lowest BCUT2D eigenvalue weighted by atomic mass is 9.95. The van der Waals surface area contributed by atoms with Gasteiger partial charge < -0.3 is 10.2 Å². The van der Waals surface area contributed by atoms with Crippen LogP contribution in [0.3, 0.4) is 0 Å². The summed E-state index contributed by atoms with van der Waals surface area (Å²) >= 11 is 0. The van der Waals surface area contributed by atoms with E-state index in [0.29, 0.717) is 13.1 Å². The second-order valence-electron chi connectivity index (χ2n) is 7.35. The Morgan fingerprint density at radius 2 is 1.80 bits per heavy atom. The first kappa shape index (κ1) is 17.9. The summed E-state index contributed by atoms with van der Waals surface area (Å²) in [7, 11) is 0. The van der Waals surface area contributed by atoms with Crippen molar-refractivity contribution in [3.63, 3.8) is 0 Å². The Labute approximate surface area is 150 Å². The number of rotatable bonds is 4. The van der Waals surface area contributed by atoms with Gasteiger partial charge in [0.15, 0.2) is 0 Å². The van der Waals surface area contributed by atoms with Gasteiger partial charge in [0.05, 0.1) is 0 Å². The molecule has 0 bridgehead atoms. The van der Waals surface area contributed by atoms with Crippen molar-refractivity contribution >= 4 is 11.8 Å². The van der Waals surface area contributed by atoms with E-state index in [1.165, 1.54) is 5.56 Å². The van der Waals surface area contributed by atoms with Gasteiger partial charge in [-0.25, -0.2) is 0 Å². The second kappa shape index (κ2) is 8.48. The number of hydrogen-bond donors (Lipinski definition) is 1. The lowest BCUT2D eigenvalue weighted by Crippen LogP contribution is -2.50. The summed E-state index contributed by atoms with van der Waals surface area (Å²) in [5.41, 5.74) is 1.33. The van der Waals surface area contributed by atoms with Crippen molar-refractivity contribution in [1.82, 2.24) is 15.1 Å². The van der Waals surface area contributed by atoms with Crippen LogP contribution in [0.2, 0.25) is 0 Å². The molecule has 1 N–H and O–H groups in total. The summed E-state index contributed by atoms with van der Waals surface area (Å²) in [6.07, 6.45) is 3.75. The zero-order valence-corrected chi connectivity index (χ0v) is 15.1. The van der Waals surface area contributed by atoms with Crippen molar-refractivity contribution in [3.8, 4) is 0 Å². The Balaban J connectivity index is 1.46. The molecule has 25 heavy (non-hydrogen) atoms. The standard InChI is InChI=1S/C20H29N3O2/c1-16(24)23-12-9-18(10-13-23)20(25)21-19-8-5-11-22(15-19)14-17-6-3-2-4-7-17/h2-4,6-7,18-19H,5,8-15H2,1H3,(H,21,25). The first-order chi connectivity index (χ1) is 12.1. The molecule has 0 spiro atoms. The highest BCUT2D eigenvalue weighted by Crippen LogP contribution is 2.19. The van der Waals surface area contributed by atoms with Gasteiger partial charge in [-0.3, -0.25) is 14.5 Å². The van der Waals surface area contributed by atoms with E-state index in [1.807, 2.05) is 11.0 Å². The summed E-state index contributed by atoms with van der Waals surface area (Å²) in [5, 5.41) is 3.26. The topological polar surface area (TPSA) is 52.7 Å². The maximum Gasteiger partial charge on any atom is 0.223 e. The molecule has 2 amide bonds. The molecular weight excluding hydrogens is 314 g/mol. The number of carbonyl (C=O) groups excluding carboxylic acids is 2. The second-order valence-corrected chi connectivity index (χ2v) is 7.35. The quantitative estimate of drug-likeness (QED) is 0.910. The predicted molar refractivity (Wildman–Crippen MR) is 97.9 cm³/mol. The van der Waals surface area contributed by atoms with Crippen LogP contribution < -0.4 is 5.32 Å². The molecule has 0 saturated carbocycles. The normalized spacial score (nSPS) is 22.6. The average Bonchev–Trinajstić information content (AvgIpc) is 2.63. The van der Waals surface area contributed by atoms with E-state index in [4.69, 9.17) is 0 Å². The highest BCUT2D eigenvalue weighted by molar-refractivity contribution is 5.79. The smallest absolute Gasteiger partial charge is 0.223 e. The van der Waals surface area contributed by atoms with Crippen molar-refractivity contribution in [3.05, 3.63) is 35.9 Å². The Bertz CT molecular complexity index is 582. The SMILES string of the molecule is CC(=O)N1CCC(C(=O)NC2CCCN(Cc3ccccc3)C2)CC1. The lowest BCUT2D eigenvalue weighted by Gasteiger charge is -2.35. The molecule has 1 aromatic rings. The lowest BCUT2D eigenvalue weighted by molar-refractivity contribution is -0.134. The summed E-state index contributed by atoms with van der Waals surface area (Å²) in [4.78, 5) is 28.2. The van der Waals surface area contributed by atoms with Gasteiger partial charge in [0.25, 0.3) is 0 Å². The molecule has 0 aliphatic carbocycles. The maximum atomic E-state index is 12.6. The molecule has 5 heteroatoms. The first-order valence-corrected chi connectivity index (χ1v) is 9.44. The van der Waals surface area contributed by atoms with Crippen LogP contribution in [0.5, 0.6) is 0 Å². The molecule has 1 unspecified atom stereocenters. The summed E-state index contributed by atoms with van der Waals surface area (Å²) in [6.45, 7) is 5.98. The van der Waals surface area contributed by atoms with Crippen LogP contribution in [-0.4, -0.2) is 53.8 Å². The van der Waals surface area contributed by atoms with Crippen molar-refractivity contribution in [2.75, 3.05) is 26.2 Å². The van der Waals surface area contributed by atoms with E-state index in [1.54, 1.807) is 6.92 Å². The Kier molecular flexibility index (Phi) is 6.08. The van der Waals surface area contributed by atoms with Gasteiger partial charge in [-0.1, -0.05) is 30.3 Å². The molecule has 1 atom stereocenters. The Morgan fingerprint density at radius 3 is 2.48 bits per heavy atom. The zero-order valence-electron chi connectivity index (χ0n) is 15.1. The third kappa shape index (κ3) is 5.05. The van der Waals surface area contributed by atoms with E-state index < -0.39 is 0 Å². The van der Waals surface area contributed by atoms with E-state index in [-0.39, 0.29) is 23.8 Å². The van der Waals surface area contributed by atoms with Gasteiger partial charge in [-0.15, -0.1) is 0 Å². The molecular formula is C20H29N3O2. The van der Waals surface area contributed by atoms with Crippen LogP contribution in [-0.2, 0) is 16.1 Å². The van der Waals surface area contributed by atoms with E-state index in [2.05, 4.69) is 34.5 Å². The fraction of sp³-hybridized carbons (Fsp3) is 0.600. The number of nitrogens with one attached hydrogen (secondary N) is 1. The number of likely N-dealkylation sites (tertiary alicyclic amines) is 2. The summed E-state index contributed by atoms with van der Waals surface area (Å²) in [5.74, 6) is 0.345. The fourth-order valence-electron chi connectivity index (χ4n) is 3.93. The molecule has 2 fully saturated rings. The molecule has 2 aliphatic rings. The Morgan fingerprint density at radius 1 is 1.08 bits per heavy atom. The Hall–Kier alpha value is -1.88. The monoisotopic (exact) mass is 343 g/mol. The van der Waals surface area contributed by atoms with Crippen molar-refractivity contribution < 1.29 is 9.59 Å². The van der Waals surface area contributed by atoms with Crippen molar-refractivity contribution in [2.24, 2.45) is 5.92 Å². The number of hydrogen-bond acceptors (Lipinski definition) is 3. The number of nitrogens with zero attached hydrogens (tertiary/aromatic N) is 2. The van der Waals surface area contributed by atoms with Crippen LogP contribution in [0, 0.1) is 5.92 Å². The molecule has 1 aromatic carbocycles. The number of carbonyl (C=O) groups is 2. The van der Waals surface area contributed by atoms with Crippen LogP contribution in [0.4, 0.5) is 0 Å².